The van der Waals surface area contributed by atoms with Crippen molar-refractivity contribution in [2.45, 2.75) is 49.7 Å². The molecule has 1 saturated carbocycles. The van der Waals surface area contributed by atoms with Crippen molar-refractivity contribution < 1.29 is 9.53 Å². The highest BCUT2D eigenvalue weighted by molar-refractivity contribution is 5.94. The van der Waals surface area contributed by atoms with Gasteiger partial charge in [-0.25, -0.2) is 0 Å². The second-order valence-electron chi connectivity index (χ2n) is 8.89. The van der Waals surface area contributed by atoms with Gasteiger partial charge >= 0.3 is 0 Å². The SMILES string of the molecule is O=C(c1ccccc1)N1C[C@@H]2COCCN2C2(C1)CN(C1CCCCC1)C2. The van der Waals surface area contributed by atoms with Crippen molar-refractivity contribution in [3.63, 3.8) is 0 Å². The minimum atomic E-state index is 0.134. The molecule has 0 unspecified atom stereocenters. The fourth-order valence-electron chi connectivity index (χ4n) is 5.81. The molecule has 5 rings (SSSR count). The van der Waals surface area contributed by atoms with Gasteiger partial charge in [0, 0.05) is 44.3 Å². The van der Waals surface area contributed by atoms with Gasteiger partial charge in [-0.1, -0.05) is 37.5 Å². The summed E-state index contributed by atoms with van der Waals surface area (Å²) in [6, 6.07) is 10.9. The van der Waals surface area contributed by atoms with Crippen LogP contribution in [0.3, 0.4) is 0 Å². The van der Waals surface area contributed by atoms with Crippen LogP contribution >= 0.6 is 0 Å². The van der Waals surface area contributed by atoms with Crippen molar-refractivity contribution in [3.8, 4) is 0 Å². The van der Waals surface area contributed by atoms with Crippen LogP contribution in [-0.4, -0.2) is 84.2 Å². The van der Waals surface area contributed by atoms with Gasteiger partial charge in [-0.05, 0) is 25.0 Å². The van der Waals surface area contributed by atoms with Crippen LogP contribution < -0.4 is 0 Å². The lowest BCUT2D eigenvalue weighted by molar-refractivity contribution is -0.168. The van der Waals surface area contributed by atoms with E-state index in [0.717, 1.165) is 57.5 Å². The lowest BCUT2D eigenvalue weighted by atomic mass is 9.79. The highest BCUT2D eigenvalue weighted by atomic mass is 16.5. The molecule has 3 aliphatic heterocycles. The Hall–Kier alpha value is -1.43. The largest absolute Gasteiger partial charge is 0.378 e. The predicted octanol–water partition coefficient (Wildman–Crippen LogP) is 2.23. The number of carbonyl (C=O) groups excluding carboxylic acids is 1. The van der Waals surface area contributed by atoms with E-state index in [0.29, 0.717) is 6.04 Å². The van der Waals surface area contributed by atoms with Crippen molar-refractivity contribution in [1.29, 1.82) is 0 Å². The van der Waals surface area contributed by atoms with Crippen LogP contribution in [0.2, 0.25) is 0 Å². The van der Waals surface area contributed by atoms with Crippen molar-refractivity contribution in [2.75, 3.05) is 45.9 Å². The molecule has 4 fully saturated rings. The molecule has 0 N–H and O–H groups in total. The van der Waals surface area contributed by atoms with Gasteiger partial charge in [-0.2, -0.15) is 0 Å². The number of nitrogens with zero attached hydrogens (tertiary/aromatic N) is 3. The van der Waals surface area contributed by atoms with E-state index < -0.39 is 0 Å². The number of morpholine rings is 1. The molecule has 146 valence electrons. The van der Waals surface area contributed by atoms with Gasteiger partial charge in [0.1, 0.15) is 0 Å². The minimum absolute atomic E-state index is 0.134. The molecule has 3 saturated heterocycles. The standard InChI is InChI=1S/C22H31N3O2/c26-21(18-7-3-1-4-8-18)23-13-20-14-27-12-11-25(20)22(15-23)16-24(17-22)19-9-5-2-6-10-19/h1,3-4,7-8,19-20H,2,5-6,9-17H2/t20-/m1/s1. The minimum Gasteiger partial charge on any atom is -0.378 e. The average Bonchev–Trinajstić information content (AvgIpc) is 2.72. The number of fused-ring (bicyclic) bond motifs is 2. The third-order valence-electron chi connectivity index (χ3n) is 7.15. The molecule has 5 heteroatoms. The monoisotopic (exact) mass is 369 g/mol. The molecule has 27 heavy (non-hydrogen) atoms. The van der Waals surface area contributed by atoms with E-state index in [2.05, 4.69) is 14.7 Å². The fourth-order valence-corrected chi connectivity index (χ4v) is 5.81. The third kappa shape index (κ3) is 3.20. The molecule has 1 aromatic carbocycles. The molecule has 1 aliphatic carbocycles. The summed E-state index contributed by atoms with van der Waals surface area (Å²) in [6.07, 6.45) is 6.88. The normalized spacial score (nSPS) is 29.3. The van der Waals surface area contributed by atoms with E-state index in [1.54, 1.807) is 0 Å². The number of likely N-dealkylation sites (tertiary alicyclic amines) is 1. The molecule has 1 amide bonds. The smallest absolute Gasteiger partial charge is 0.253 e. The van der Waals surface area contributed by atoms with Gasteiger partial charge < -0.3 is 9.64 Å². The highest BCUT2D eigenvalue weighted by Crippen LogP contribution is 2.39. The Bertz CT molecular complexity index is 667. The number of hydrogen-bond donors (Lipinski definition) is 0. The van der Waals surface area contributed by atoms with Gasteiger partial charge in [-0.3, -0.25) is 14.6 Å². The van der Waals surface area contributed by atoms with Gasteiger partial charge in [0.15, 0.2) is 0 Å². The lowest BCUT2D eigenvalue weighted by Gasteiger charge is -2.64. The lowest BCUT2D eigenvalue weighted by Crippen LogP contribution is -2.81. The van der Waals surface area contributed by atoms with Crippen LogP contribution in [0.25, 0.3) is 0 Å². The molecule has 0 bridgehead atoms. The highest BCUT2D eigenvalue weighted by Gasteiger charge is 2.55. The number of piperazine rings is 1. The summed E-state index contributed by atoms with van der Waals surface area (Å²) in [5.41, 5.74) is 0.940. The number of benzene rings is 1. The zero-order chi connectivity index (χ0) is 18.3. The molecule has 0 radical (unpaired) electrons. The molecule has 1 spiro atoms. The van der Waals surface area contributed by atoms with Crippen LogP contribution in [0.1, 0.15) is 42.5 Å². The molecule has 5 nitrogen and oxygen atoms in total. The van der Waals surface area contributed by atoms with E-state index in [-0.39, 0.29) is 11.4 Å². The molecule has 1 atom stereocenters. The summed E-state index contributed by atoms with van der Waals surface area (Å²) in [5.74, 6) is 0.177. The number of amides is 1. The van der Waals surface area contributed by atoms with Gasteiger partial charge in [-0.15, -0.1) is 0 Å². The first-order valence-corrected chi connectivity index (χ1v) is 10.7. The van der Waals surface area contributed by atoms with Gasteiger partial charge in [0.05, 0.1) is 24.8 Å². The summed E-state index contributed by atoms with van der Waals surface area (Å²) < 4.78 is 5.78. The second-order valence-corrected chi connectivity index (χ2v) is 8.89. The van der Waals surface area contributed by atoms with E-state index in [9.17, 15) is 4.79 Å². The Morgan fingerprint density at radius 3 is 2.56 bits per heavy atom. The first-order chi connectivity index (χ1) is 13.3. The first kappa shape index (κ1) is 17.7. The molecular formula is C22H31N3O2. The van der Waals surface area contributed by atoms with Gasteiger partial charge in [0.2, 0.25) is 0 Å². The molecule has 1 aromatic rings. The van der Waals surface area contributed by atoms with E-state index in [1.807, 2.05) is 30.3 Å². The summed E-state index contributed by atoms with van der Waals surface area (Å²) in [6.45, 7) is 6.48. The number of ether oxygens (including phenoxy) is 1. The number of rotatable bonds is 2. The first-order valence-electron chi connectivity index (χ1n) is 10.7. The van der Waals surface area contributed by atoms with E-state index in [1.165, 1.54) is 32.1 Å². The molecule has 3 heterocycles. The summed E-state index contributed by atoms with van der Waals surface area (Å²) in [7, 11) is 0. The topological polar surface area (TPSA) is 36.0 Å². The summed E-state index contributed by atoms with van der Waals surface area (Å²) in [5, 5.41) is 0. The van der Waals surface area contributed by atoms with E-state index >= 15 is 0 Å². The van der Waals surface area contributed by atoms with Crippen LogP contribution in [-0.2, 0) is 4.74 Å². The number of hydrogen-bond acceptors (Lipinski definition) is 4. The summed E-state index contributed by atoms with van der Waals surface area (Å²) >= 11 is 0. The quantitative estimate of drug-likeness (QED) is 0.801. The number of carbonyl (C=O) groups is 1. The zero-order valence-electron chi connectivity index (χ0n) is 16.2. The van der Waals surface area contributed by atoms with Gasteiger partial charge in [0.25, 0.3) is 5.91 Å². The van der Waals surface area contributed by atoms with Crippen LogP contribution in [0, 0.1) is 0 Å². The third-order valence-corrected chi connectivity index (χ3v) is 7.15. The van der Waals surface area contributed by atoms with Crippen molar-refractivity contribution in [3.05, 3.63) is 35.9 Å². The molecule has 4 aliphatic rings. The maximum absolute atomic E-state index is 13.1. The predicted molar refractivity (Wildman–Crippen MR) is 105 cm³/mol. The Morgan fingerprint density at radius 2 is 1.78 bits per heavy atom. The Kier molecular flexibility index (Phi) is 4.70. The second kappa shape index (κ2) is 7.19. The average molecular weight is 370 g/mol. The van der Waals surface area contributed by atoms with Crippen molar-refractivity contribution >= 4 is 5.91 Å². The fraction of sp³-hybridized carbons (Fsp3) is 0.682. The van der Waals surface area contributed by atoms with Crippen LogP contribution in [0.4, 0.5) is 0 Å². The maximum Gasteiger partial charge on any atom is 0.253 e. The van der Waals surface area contributed by atoms with Crippen molar-refractivity contribution in [2.24, 2.45) is 0 Å². The van der Waals surface area contributed by atoms with Crippen molar-refractivity contribution in [1.82, 2.24) is 14.7 Å². The van der Waals surface area contributed by atoms with E-state index in [4.69, 9.17) is 4.74 Å². The Morgan fingerprint density at radius 1 is 1.00 bits per heavy atom. The maximum atomic E-state index is 13.1. The van der Waals surface area contributed by atoms with Crippen LogP contribution in [0.15, 0.2) is 30.3 Å². The molecular weight excluding hydrogens is 338 g/mol. The van der Waals surface area contributed by atoms with Crippen LogP contribution in [0.5, 0.6) is 0 Å². The Labute approximate surface area is 162 Å². The Balaban J connectivity index is 1.34. The zero-order valence-corrected chi connectivity index (χ0v) is 16.2. The summed E-state index contributed by atoms with van der Waals surface area (Å²) in [4.78, 5) is 20.6. The molecule has 0 aromatic heterocycles.